The second-order valence-corrected chi connectivity index (χ2v) is 3.84. The average molecular weight is 198 g/mol. The van der Waals surface area contributed by atoms with Crippen molar-refractivity contribution >= 4 is 11.9 Å². The van der Waals surface area contributed by atoms with E-state index in [0.717, 1.165) is 12.8 Å². The zero-order chi connectivity index (χ0) is 10.1. The predicted molar refractivity (Wildman–Crippen MR) is 48.7 cm³/mol. The zero-order valence-corrected chi connectivity index (χ0v) is 8.16. The molecule has 5 heteroatoms. The monoisotopic (exact) mass is 198 g/mol. The Morgan fingerprint density at radius 2 is 2.29 bits per heavy atom. The summed E-state index contributed by atoms with van der Waals surface area (Å²) in [6.07, 6.45) is 1.82. The molecule has 2 heterocycles. The maximum Gasteiger partial charge on any atom is 0.324 e. The largest absolute Gasteiger partial charge is 0.378 e. The lowest BCUT2D eigenvalue weighted by Crippen LogP contribution is -2.43. The molecule has 2 unspecified atom stereocenters. The lowest BCUT2D eigenvalue weighted by atomic mass is 10.0. The third-order valence-corrected chi connectivity index (χ3v) is 2.72. The van der Waals surface area contributed by atoms with E-state index in [2.05, 4.69) is 5.32 Å². The molecular formula is C9H14N2O3. The summed E-state index contributed by atoms with van der Waals surface area (Å²) < 4.78 is 5.39. The molecule has 0 bridgehead atoms. The summed E-state index contributed by atoms with van der Waals surface area (Å²) in [5.74, 6) is -0.200. The summed E-state index contributed by atoms with van der Waals surface area (Å²) in [6, 6.07) is -0.0979. The quantitative estimate of drug-likeness (QED) is 0.608. The summed E-state index contributed by atoms with van der Waals surface area (Å²) in [5.41, 5.74) is 0. The van der Waals surface area contributed by atoms with Gasteiger partial charge in [0, 0.05) is 12.6 Å². The molecule has 0 spiro atoms. The van der Waals surface area contributed by atoms with Gasteiger partial charge in [-0.1, -0.05) is 0 Å². The summed E-state index contributed by atoms with van der Waals surface area (Å²) in [7, 11) is 0. The lowest BCUT2D eigenvalue weighted by Gasteiger charge is -2.32. The van der Waals surface area contributed by atoms with E-state index in [1.807, 2.05) is 6.92 Å². The Morgan fingerprint density at radius 1 is 1.50 bits per heavy atom. The van der Waals surface area contributed by atoms with Crippen LogP contribution in [0, 0.1) is 0 Å². The van der Waals surface area contributed by atoms with Crippen LogP contribution in [0.3, 0.4) is 0 Å². The molecule has 2 fully saturated rings. The van der Waals surface area contributed by atoms with Crippen LogP contribution in [0.5, 0.6) is 0 Å². The molecular weight excluding hydrogens is 184 g/mol. The second kappa shape index (κ2) is 3.57. The van der Waals surface area contributed by atoms with Crippen LogP contribution in [-0.4, -0.2) is 42.1 Å². The highest BCUT2D eigenvalue weighted by molar-refractivity contribution is 6.02. The van der Waals surface area contributed by atoms with Crippen molar-refractivity contribution in [2.45, 2.75) is 31.9 Å². The fourth-order valence-electron chi connectivity index (χ4n) is 2.01. The number of ether oxygens (including phenoxy) is 1. The molecule has 5 nitrogen and oxygen atoms in total. The number of hydrogen-bond donors (Lipinski definition) is 1. The van der Waals surface area contributed by atoms with Crippen molar-refractivity contribution < 1.29 is 14.3 Å². The maximum absolute atomic E-state index is 11.3. The Morgan fingerprint density at radius 3 is 2.86 bits per heavy atom. The first-order chi connectivity index (χ1) is 6.66. The van der Waals surface area contributed by atoms with Gasteiger partial charge >= 0.3 is 6.03 Å². The van der Waals surface area contributed by atoms with Crippen molar-refractivity contribution in [2.75, 3.05) is 13.2 Å². The highest BCUT2D eigenvalue weighted by Gasteiger charge is 2.34. The van der Waals surface area contributed by atoms with Crippen molar-refractivity contribution in [1.82, 2.24) is 10.2 Å². The molecule has 14 heavy (non-hydrogen) atoms. The summed E-state index contributed by atoms with van der Waals surface area (Å²) in [6.45, 7) is 2.86. The van der Waals surface area contributed by atoms with E-state index >= 15 is 0 Å². The molecule has 0 aromatic rings. The molecule has 0 radical (unpaired) electrons. The van der Waals surface area contributed by atoms with E-state index in [-0.39, 0.29) is 30.6 Å². The van der Waals surface area contributed by atoms with Crippen molar-refractivity contribution in [1.29, 1.82) is 0 Å². The van der Waals surface area contributed by atoms with Gasteiger partial charge < -0.3 is 9.64 Å². The molecule has 0 aromatic heterocycles. The molecule has 1 N–H and O–H groups in total. The number of nitrogens with zero attached hydrogens (tertiary/aromatic N) is 1. The average Bonchev–Trinajstić information content (AvgIpc) is 2.45. The van der Waals surface area contributed by atoms with Gasteiger partial charge in [-0.25, -0.2) is 4.79 Å². The predicted octanol–water partition coefficient (Wildman–Crippen LogP) is 0.106. The molecule has 0 aromatic carbocycles. The van der Waals surface area contributed by atoms with Crippen LogP contribution in [0.4, 0.5) is 4.79 Å². The minimum Gasteiger partial charge on any atom is -0.378 e. The van der Waals surface area contributed by atoms with Crippen LogP contribution in [0.2, 0.25) is 0 Å². The zero-order valence-electron chi connectivity index (χ0n) is 8.16. The van der Waals surface area contributed by atoms with Crippen molar-refractivity contribution in [3.8, 4) is 0 Å². The highest BCUT2D eigenvalue weighted by Crippen LogP contribution is 2.20. The maximum atomic E-state index is 11.3. The van der Waals surface area contributed by atoms with Gasteiger partial charge in [0.05, 0.1) is 6.10 Å². The van der Waals surface area contributed by atoms with Gasteiger partial charge in [0.15, 0.2) is 0 Å². The molecule has 3 amide bonds. The Balaban J connectivity index is 2.00. The molecule has 0 aliphatic carbocycles. The van der Waals surface area contributed by atoms with Crippen LogP contribution >= 0.6 is 0 Å². The Hall–Kier alpha value is -1.10. The number of imide groups is 1. The van der Waals surface area contributed by atoms with E-state index in [4.69, 9.17) is 4.74 Å². The number of amides is 3. The fourth-order valence-corrected chi connectivity index (χ4v) is 2.01. The third-order valence-electron chi connectivity index (χ3n) is 2.72. The summed E-state index contributed by atoms with van der Waals surface area (Å²) >= 11 is 0. The van der Waals surface area contributed by atoms with Gasteiger partial charge in [-0.3, -0.25) is 10.1 Å². The van der Waals surface area contributed by atoms with E-state index in [9.17, 15) is 9.59 Å². The van der Waals surface area contributed by atoms with E-state index < -0.39 is 0 Å². The Labute approximate surface area is 82.4 Å². The first-order valence-electron chi connectivity index (χ1n) is 4.89. The number of carbonyl (C=O) groups excluding carboxylic acids is 2. The van der Waals surface area contributed by atoms with Crippen LogP contribution < -0.4 is 5.32 Å². The molecule has 2 aliphatic heterocycles. The van der Waals surface area contributed by atoms with Gasteiger partial charge in [-0.05, 0) is 19.8 Å². The molecule has 78 valence electrons. The second-order valence-electron chi connectivity index (χ2n) is 3.84. The normalized spacial score (nSPS) is 33.4. The number of urea groups is 1. The highest BCUT2D eigenvalue weighted by atomic mass is 16.5. The Kier molecular flexibility index (Phi) is 2.41. The number of hydrogen-bond acceptors (Lipinski definition) is 3. The lowest BCUT2D eigenvalue weighted by molar-refractivity contribution is -0.118. The topological polar surface area (TPSA) is 58.6 Å². The van der Waals surface area contributed by atoms with E-state index in [1.54, 1.807) is 4.90 Å². The molecule has 0 saturated carbocycles. The van der Waals surface area contributed by atoms with Crippen molar-refractivity contribution in [3.63, 3.8) is 0 Å². The van der Waals surface area contributed by atoms with E-state index in [0.29, 0.717) is 6.61 Å². The fraction of sp³-hybridized carbons (Fsp3) is 0.778. The molecule has 2 saturated heterocycles. The van der Waals surface area contributed by atoms with Gasteiger partial charge in [0.1, 0.15) is 6.54 Å². The van der Waals surface area contributed by atoms with Gasteiger partial charge in [0.25, 0.3) is 0 Å². The van der Waals surface area contributed by atoms with Crippen LogP contribution in [0.1, 0.15) is 19.8 Å². The Bertz CT molecular complexity index is 267. The molecule has 2 rings (SSSR count). The first kappa shape index (κ1) is 9.45. The van der Waals surface area contributed by atoms with Crippen molar-refractivity contribution in [2.24, 2.45) is 0 Å². The van der Waals surface area contributed by atoms with E-state index in [1.165, 1.54) is 0 Å². The van der Waals surface area contributed by atoms with Gasteiger partial charge in [-0.2, -0.15) is 0 Å². The molecule has 2 aliphatic rings. The minimum atomic E-state index is -0.255. The van der Waals surface area contributed by atoms with Crippen molar-refractivity contribution in [3.05, 3.63) is 0 Å². The van der Waals surface area contributed by atoms with Gasteiger partial charge in [-0.15, -0.1) is 0 Å². The summed E-state index contributed by atoms with van der Waals surface area (Å²) in [4.78, 5) is 23.9. The van der Waals surface area contributed by atoms with Gasteiger partial charge in [0.2, 0.25) is 5.91 Å². The number of carbonyl (C=O) groups is 2. The van der Waals surface area contributed by atoms with Crippen LogP contribution in [-0.2, 0) is 9.53 Å². The number of rotatable bonds is 1. The van der Waals surface area contributed by atoms with Crippen LogP contribution in [0.25, 0.3) is 0 Å². The minimum absolute atomic E-state index is 0.158. The SMILES string of the molecule is CC1CC(N2CC(=O)NC2=O)CCO1. The standard InChI is InChI=1S/C9H14N2O3/c1-6-4-7(2-3-14-6)11-5-8(12)10-9(11)13/h6-7H,2-5H2,1H3,(H,10,12,13). The molecule has 2 atom stereocenters. The number of nitrogens with one attached hydrogen (secondary N) is 1. The first-order valence-corrected chi connectivity index (χ1v) is 4.89. The van der Waals surface area contributed by atoms with Crippen LogP contribution in [0.15, 0.2) is 0 Å². The third kappa shape index (κ3) is 1.72. The smallest absolute Gasteiger partial charge is 0.324 e. The summed E-state index contributed by atoms with van der Waals surface area (Å²) in [5, 5.41) is 2.29.